The van der Waals surface area contributed by atoms with E-state index in [-0.39, 0.29) is 0 Å². The lowest BCUT2D eigenvalue weighted by Gasteiger charge is -2.10. The van der Waals surface area contributed by atoms with Crippen molar-refractivity contribution in [3.63, 3.8) is 0 Å². The molecule has 0 amide bonds. The number of hydrogen-bond donors (Lipinski definition) is 3. The summed E-state index contributed by atoms with van der Waals surface area (Å²) in [5.74, 6) is 2.24. The van der Waals surface area contributed by atoms with Gasteiger partial charge in [0.2, 0.25) is 0 Å². The molecule has 6 heteroatoms. The molecule has 0 atom stereocenters. The largest absolute Gasteiger partial charge is 0.370 e. The third kappa shape index (κ3) is 4.20. The third-order valence-electron chi connectivity index (χ3n) is 4.31. The van der Waals surface area contributed by atoms with E-state index in [0.29, 0.717) is 10.8 Å². The number of aromatic nitrogens is 3. The average molecular weight is 378 g/mol. The highest BCUT2D eigenvalue weighted by Gasteiger charge is 2.05. The molecule has 0 saturated carbocycles. The van der Waals surface area contributed by atoms with Gasteiger partial charge in [-0.25, -0.2) is 9.97 Å². The normalized spacial score (nSPS) is 10.9. The summed E-state index contributed by atoms with van der Waals surface area (Å²) in [4.78, 5) is 12.2. The van der Waals surface area contributed by atoms with Gasteiger partial charge < -0.3 is 15.6 Å². The molecule has 0 aliphatic rings. The van der Waals surface area contributed by atoms with Crippen molar-refractivity contribution < 1.29 is 0 Å². The number of aryl methyl sites for hydroxylation is 1. The van der Waals surface area contributed by atoms with Crippen LogP contribution in [0.5, 0.6) is 0 Å². The molecule has 136 valence electrons. The Bertz CT molecular complexity index is 1070. The van der Waals surface area contributed by atoms with Crippen molar-refractivity contribution in [1.29, 1.82) is 0 Å². The topological polar surface area (TPSA) is 65.6 Å². The molecule has 0 aliphatic carbocycles. The van der Waals surface area contributed by atoms with E-state index in [9.17, 15) is 0 Å². The van der Waals surface area contributed by atoms with Crippen molar-refractivity contribution in [3.05, 3.63) is 77.2 Å². The number of fused-ring (bicyclic) bond motifs is 1. The van der Waals surface area contributed by atoms with E-state index in [0.717, 1.165) is 30.3 Å². The van der Waals surface area contributed by atoms with Crippen LogP contribution in [0.4, 0.5) is 17.3 Å². The van der Waals surface area contributed by atoms with E-state index in [2.05, 4.69) is 50.0 Å². The maximum absolute atomic E-state index is 6.04. The number of halogens is 1. The fourth-order valence-electron chi connectivity index (χ4n) is 3.10. The Balaban J connectivity index is 1.43. The minimum absolute atomic E-state index is 0.683. The molecule has 0 bridgehead atoms. The Hall–Kier alpha value is -3.05. The highest BCUT2D eigenvalue weighted by molar-refractivity contribution is 6.30. The molecular formula is C21H20ClN5. The van der Waals surface area contributed by atoms with Crippen LogP contribution in [0.3, 0.4) is 0 Å². The lowest BCUT2D eigenvalue weighted by atomic mass is 10.1. The molecule has 0 unspecified atom stereocenters. The van der Waals surface area contributed by atoms with Gasteiger partial charge in [-0.1, -0.05) is 35.9 Å². The van der Waals surface area contributed by atoms with E-state index in [1.807, 2.05) is 43.3 Å². The number of rotatable bonds is 6. The second kappa shape index (κ2) is 7.68. The van der Waals surface area contributed by atoms with Crippen molar-refractivity contribution in [2.24, 2.45) is 0 Å². The summed E-state index contributed by atoms with van der Waals surface area (Å²) in [6, 6.07) is 17.8. The van der Waals surface area contributed by atoms with Gasteiger partial charge >= 0.3 is 0 Å². The summed E-state index contributed by atoms with van der Waals surface area (Å²) in [5, 5.41) is 8.62. The first kappa shape index (κ1) is 17.4. The molecule has 2 aromatic carbocycles. The summed E-state index contributed by atoms with van der Waals surface area (Å²) in [6.07, 6.45) is 2.98. The molecule has 0 fully saturated rings. The number of hydrogen-bond acceptors (Lipinski definition) is 4. The van der Waals surface area contributed by atoms with Gasteiger partial charge in [0.1, 0.15) is 17.5 Å². The van der Waals surface area contributed by atoms with Crippen LogP contribution in [-0.2, 0) is 6.42 Å². The zero-order chi connectivity index (χ0) is 18.6. The minimum atomic E-state index is 0.683. The van der Waals surface area contributed by atoms with Crippen LogP contribution in [0, 0.1) is 6.92 Å². The van der Waals surface area contributed by atoms with Crippen LogP contribution in [0.1, 0.15) is 11.4 Å². The Morgan fingerprint density at radius 3 is 2.74 bits per heavy atom. The summed E-state index contributed by atoms with van der Waals surface area (Å²) >= 11 is 6.04. The maximum atomic E-state index is 6.04. The first-order chi connectivity index (χ1) is 13.2. The van der Waals surface area contributed by atoms with E-state index in [4.69, 9.17) is 11.6 Å². The Kier molecular flexibility index (Phi) is 4.94. The molecule has 3 N–H and O–H groups in total. The SMILES string of the molecule is Cc1nc(NCCc2c[nH]c3ccccc23)cc(Nc2cccc(Cl)c2)n1. The molecule has 0 saturated heterocycles. The Morgan fingerprint density at radius 2 is 1.85 bits per heavy atom. The van der Waals surface area contributed by atoms with Crippen molar-refractivity contribution in [2.45, 2.75) is 13.3 Å². The number of nitrogens with one attached hydrogen (secondary N) is 3. The van der Waals surface area contributed by atoms with Gasteiger partial charge in [0, 0.05) is 40.4 Å². The first-order valence-corrected chi connectivity index (χ1v) is 9.22. The van der Waals surface area contributed by atoms with Gasteiger partial charge in [0.05, 0.1) is 0 Å². The highest BCUT2D eigenvalue weighted by Crippen LogP contribution is 2.21. The zero-order valence-electron chi connectivity index (χ0n) is 15.0. The van der Waals surface area contributed by atoms with Crippen molar-refractivity contribution >= 4 is 39.8 Å². The van der Waals surface area contributed by atoms with Crippen LogP contribution >= 0.6 is 11.6 Å². The number of anilines is 3. The Labute approximate surface area is 162 Å². The summed E-state index contributed by atoms with van der Waals surface area (Å²) in [5.41, 5.74) is 3.35. The van der Waals surface area contributed by atoms with E-state index in [1.165, 1.54) is 16.5 Å². The van der Waals surface area contributed by atoms with Crippen LogP contribution in [0.15, 0.2) is 60.8 Å². The average Bonchev–Trinajstić information content (AvgIpc) is 3.05. The van der Waals surface area contributed by atoms with Gasteiger partial charge in [-0.2, -0.15) is 0 Å². The highest BCUT2D eigenvalue weighted by atomic mass is 35.5. The molecule has 4 aromatic rings. The van der Waals surface area contributed by atoms with Gasteiger partial charge in [-0.15, -0.1) is 0 Å². The molecular weight excluding hydrogens is 358 g/mol. The van der Waals surface area contributed by atoms with E-state index < -0.39 is 0 Å². The van der Waals surface area contributed by atoms with Crippen molar-refractivity contribution in [2.75, 3.05) is 17.2 Å². The number of aromatic amines is 1. The van der Waals surface area contributed by atoms with Crippen molar-refractivity contribution in [1.82, 2.24) is 15.0 Å². The zero-order valence-corrected chi connectivity index (χ0v) is 15.7. The van der Waals surface area contributed by atoms with Gasteiger partial charge in [-0.05, 0) is 43.2 Å². The van der Waals surface area contributed by atoms with Gasteiger partial charge in [-0.3, -0.25) is 0 Å². The second-order valence-corrected chi connectivity index (χ2v) is 6.79. The molecule has 2 heterocycles. The molecule has 4 rings (SSSR count). The Morgan fingerprint density at radius 1 is 1.00 bits per heavy atom. The molecule has 0 radical (unpaired) electrons. The number of nitrogens with zero attached hydrogens (tertiary/aromatic N) is 2. The number of benzene rings is 2. The monoisotopic (exact) mass is 377 g/mol. The van der Waals surface area contributed by atoms with Crippen molar-refractivity contribution in [3.8, 4) is 0 Å². The second-order valence-electron chi connectivity index (χ2n) is 6.36. The predicted octanol–water partition coefficient (Wildman–Crippen LogP) is 5.32. The molecule has 0 aliphatic heterocycles. The predicted molar refractivity (Wildman–Crippen MR) is 112 cm³/mol. The summed E-state index contributed by atoms with van der Waals surface area (Å²) < 4.78 is 0. The number of H-pyrrole nitrogens is 1. The third-order valence-corrected chi connectivity index (χ3v) is 4.55. The summed E-state index contributed by atoms with van der Waals surface area (Å²) in [7, 11) is 0. The van der Waals surface area contributed by atoms with Crippen LogP contribution in [-0.4, -0.2) is 21.5 Å². The summed E-state index contributed by atoms with van der Waals surface area (Å²) in [6.45, 7) is 2.67. The van der Waals surface area contributed by atoms with Gasteiger partial charge in [0.15, 0.2) is 0 Å². The lowest BCUT2D eigenvalue weighted by molar-refractivity contribution is 0.988. The van der Waals surface area contributed by atoms with E-state index >= 15 is 0 Å². The standard InChI is InChI=1S/C21H20ClN5/c1-14-25-20(12-21(26-14)27-17-6-4-5-16(22)11-17)23-10-9-15-13-24-19-8-3-2-7-18(15)19/h2-8,11-13,24H,9-10H2,1H3,(H2,23,25,26,27). The van der Waals surface area contributed by atoms with Crippen LogP contribution in [0.25, 0.3) is 10.9 Å². The minimum Gasteiger partial charge on any atom is -0.370 e. The lowest BCUT2D eigenvalue weighted by Crippen LogP contribution is -2.08. The van der Waals surface area contributed by atoms with Crippen LogP contribution < -0.4 is 10.6 Å². The molecule has 27 heavy (non-hydrogen) atoms. The number of para-hydroxylation sites is 1. The van der Waals surface area contributed by atoms with Gasteiger partial charge in [0.25, 0.3) is 0 Å². The quantitative estimate of drug-likeness (QED) is 0.425. The van der Waals surface area contributed by atoms with Crippen LogP contribution in [0.2, 0.25) is 5.02 Å². The fraction of sp³-hybridized carbons (Fsp3) is 0.143. The molecule has 5 nitrogen and oxygen atoms in total. The molecule has 2 aromatic heterocycles. The maximum Gasteiger partial charge on any atom is 0.136 e. The first-order valence-electron chi connectivity index (χ1n) is 8.84. The molecule has 0 spiro atoms. The van der Waals surface area contributed by atoms with E-state index in [1.54, 1.807) is 0 Å². The smallest absolute Gasteiger partial charge is 0.136 e. The fourth-order valence-corrected chi connectivity index (χ4v) is 3.29.